The van der Waals surface area contributed by atoms with Crippen molar-refractivity contribution >= 4 is 11.5 Å². The Morgan fingerprint density at radius 1 is 1.00 bits per heavy atom. The van der Waals surface area contributed by atoms with Crippen molar-refractivity contribution in [3.63, 3.8) is 0 Å². The van der Waals surface area contributed by atoms with E-state index in [-0.39, 0.29) is 5.82 Å². The summed E-state index contributed by atoms with van der Waals surface area (Å²) in [6, 6.07) is 10.4. The molecule has 4 rings (SSSR count). The third kappa shape index (κ3) is 2.60. The van der Waals surface area contributed by atoms with Gasteiger partial charge in [0, 0.05) is 26.2 Å². The van der Waals surface area contributed by atoms with Gasteiger partial charge in [0.05, 0.1) is 5.56 Å². The molecule has 2 aromatic heterocycles. The molecule has 0 aliphatic carbocycles. The van der Waals surface area contributed by atoms with Gasteiger partial charge in [-0.1, -0.05) is 19.1 Å². The van der Waals surface area contributed by atoms with Gasteiger partial charge in [-0.2, -0.15) is 4.52 Å². The molecule has 3 aromatic rings. The molecule has 1 saturated heterocycles. The maximum atomic E-state index is 14.1. The van der Waals surface area contributed by atoms with E-state index in [1.165, 1.54) is 6.07 Å². The number of piperazine rings is 1. The summed E-state index contributed by atoms with van der Waals surface area (Å²) < 4.78 is 15.7. The van der Waals surface area contributed by atoms with E-state index in [1.807, 2.05) is 12.1 Å². The molecule has 3 heterocycles. The van der Waals surface area contributed by atoms with E-state index in [9.17, 15) is 4.39 Å². The number of fused-ring (bicyclic) bond motifs is 1. The third-order valence-corrected chi connectivity index (χ3v) is 4.51. The molecule has 1 aliphatic rings. The minimum Gasteiger partial charge on any atom is -0.353 e. The van der Waals surface area contributed by atoms with Gasteiger partial charge in [-0.05, 0) is 30.8 Å². The maximum Gasteiger partial charge on any atom is 0.188 e. The lowest BCUT2D eigenvalue weighted by molar-refractivity contribution is 0.270. The molecule has 1 fully saturated rings. The van der Waals surface area contributed by atoms with Crippen LogP contribution < -0.4 is 4.90 Å². The molecule has 1 aromatic carbocycles. The van der Waals surface area contributed by atoms with Gasteiger partial charge < -0.3 is 9.80 Å². The second-order valence-electron chi connectivity index (χ2n) is 5.89. The van der Waals surface area contributed by atoms with Crippen LogP contribution in [0.3, 0.4) is 0 Å². The van der Waals surface area contributed by atoms with Gasteiger partial charge in [-0.15, -0.1) is 15.3 Å². The number of hydrogen-bond donors (Lipinski definition) is 0. The zero-order valence-corrected chi connectivity index (χ0v) is 13.6. The molecule has 0 unspecified atom stereocenters. The van der Waals surface area contributed by atoms with Crippen LogP contribution >= 0.6 is 0 Å². The van der Waals surface area contributed by atoms with E-state index in [2.05, 4.69) is 32.0 Å². The Kier molecular flexibility index (Phi) is 3.86. The van der Waals surface area contributed by atoms with E-state index < -0.39 is 0 Å². The first-order chi connectivity index (χ1) is 11.8. The van der Waals surface area contributed by atoms with Crippen molar-refractivity contribution in [2.75, 3.05) is 37.6 Å². The molecular formula is C17H19FN6. The first kappa shape index (κ1) is 15.0. The first-order valence-corrected chi connectivity index (χ1v) is 8.21. The molecule has 6 nitrogen and oxygen atoms in total. The molecule has 24 heavy (non-hydrogen) atoms. The van der Waals surface area contributed by atoms with Crippen molar-refractivity contribution in [2.45, 2.75) is 6.92 Å². The number of rotatable bonds is 3. The quantitative estimate of drug-likeness (QED) is 0.737. The van der Waals surface area contributed by atoms with Crippen LogP contribution in [0.5, 0.6) is 0 Å². The Morgan fingerprint density at radius 3 is 2.54 bits per heavy atom. The van der Waals surface area contributed by atoms with Crippen molar-refractivity contribution in [3.8, 4) is 11.4 Å². The minimum atomic E-state index is -0.324. The highest BCUT2D eigenvalue weighted by Gasteiger charge is 2.19. The fourth-order valence-electron chi connectivity index (χ4n) is 3.05. The van der Waals surface area contributed by atoms with Crippen molar-refractivity contribution in [2.24, 2.45) is 0 Å². The Labute approximate surface area is 139 Å². The Hall–Kier alpha value is -2.54. The van der Waals surface area contributed by atoms with Crippen LogP contribution in [0.15, 0.2) is 36.4 Å². The van der Waals surface area contributed by atoms with Crippen LogP contribution in [-0.4, -0.2) is 57.4 Å². The topological polar surface area (TPSA) is 49.6 Å². The SMILES string of the molecule is CCN1CCN(c2ccc3nnc(-c4ccccc4F)n3n2)CC1. The number of hydrogen-bond acceptors (Lipinski definition) is 5. The monoisotopic (exact) mass is 326 g/mol. The number of nitrogens with zero attached hydrogens (tertiary/aromatic N) is 6. The van der Waals surface area contributed by atoms with Crippen LogP contribution in [0, 0.1) is 5.82 Å². The number of anilines is 1. The van der Waals surface area contributed by atoms with Gasteiger partial charge in [-0.3, -0.25) is 0 Å². The Morgan fingerprint density at radius 2 is 1.79 bits per heavy atom. The zero-order valence-electron chi connectivity index (χ0n) is 13.6. The van der Waals surface area contributed by atoms with Gasteiger partial charge in [0.1, 0.15) is 11.6 Å². The van der Waals surface area contributed by atoms with Crippen LogP contribution in [0.1, 0.15) is 6.92 Å². The van der Waals surface area contributed by atoms with E-state index in [1.54, 1.807) is 22.7 Å². The largest absolute Gasteiger partial charge is 0.353 e. The van der Waals surface area contributed by atoms with Crippen molar-refractivity contribution in [1.82, 2.24) is 24.7 Å². The van der Waals surface area contributed by atoms with Crippen LogP contribution in [0.2, 0.25) is 0 Å². The van der Waals surface area contributed by atoms with Crippen molar-refractivity contribution < 1.29 is 4.39 Å². The van der Waals surface area contributed by atoms with Crippen molar-refractivity contribution in [3.05, 3.63) is 42.2 Å². The number of benzene rings is 1. The summed E-state index contributed by atoms with van der Waals surface area (Å²) in [7, 11) is 0. The van der Waals surface area contributed by atoms with Gasteiger partial charge in [0.2, 0.25) is 0 Å². The summed E-state index contributed by atoms with van der Waals surface area (Å²) in [5, 5.41) is 12.9. The van der Waals surface area contributed by atoms with E-state index in [0.717, 1.165) is 38.5 Å². The smallest absolute Gasteiger partial charge is 0.188 e. The lowest BCUT2D eigenvalue weighted by Crippen LogP contribution is -2.46. The molecular weight excluding hydrogens is 307 g/mol. The molecule has 124 valence electrons. The molecule has 0 amide bonds. The minimum absolute atomic E-state index is 0.324. The van der Waals surface area contributed by atoms with Gasteiger partial charge in [0.25, 0.3) is 0 Å². The standard InChI is InChI=1S/C17H19FN6/c1-2-22-9-11-23(12-10-22)16-8-7-15-19-20-17(24(15)21-16)13-5-3-4-6-14(13)18/h3-8H,2,9-12H2,1H3. The summed E-state index contributed by atoms with van der Waals surface area (Å²) in [5.41, 5.74) is 1.02. The molecule has 1 aliphatic heterocycles. The van der Waals surface area contributed by atoms with E-state index in [0.29, 0.717) is 17.0 Å². The summed E-state index contributed by atoms with van der Waals surface area (Å²) in [6.45, 7) is 7.17. The summed E-state index contributed by atoms with van der Waals surface area (Å²) in [6.07, 6.45) is 0. The predicted octanol–water partition coefficient (Wildman–Crippen LogP) is 2.07. The van der Waals surface area contributed by atoms with Crippen LogP contribution in [-0.2, 0) is 0 Å². The first-order valence-electron chi connectivity index (χ1n) is 8.21. The second kappa shape index (κ2) is 6.16. The Balaban J connectivity index is 1.70. The van der Waals surface area contributed by atoms with E-state index in [4.69, 9.17) is 0 Å². The van der Waals surface area contributed by atoms with Gasteiger partial charge >= 0.3 is 0 Å². The molecule has 0 bridgehead atoms. The lowest BCUT2D eigenvalue weighted by atomic mass is 10.2. The lowest BCUT2D eigenvalue weighted by Gasteiger charge is -2.34. The van der Waals surface area contributed by atoms with Gasteiger partial charge in [-0.25, -0.2) is 4.39 Å². The maximum absolute atomic E-state index is 14.1. The molecule has 0 N–H and O–H groups in total. The average molecular weight is 326 g/mol. The third-order valence-electron chi connectivity index (χ3n) is 4.51. The number of halogens is 1. The van der Waals surface area contributed by atoms with Crippen LogP contribution in [0.25, 0.3) is 17.0 Å². The fraction of sp³-hybridized carbons (Fsp3) is 0.353. The molecule has 0 spiro atoms. The van der Waals surface area contributed by atoms with Crippen molar-refractivity contribution in [1.29, 1.82) is 0 Å². The normalized spacial score (nSPS) is 16.0. The highest BCUT2D eigenvalue weighted by molar-refractivity contribution is 5.60. The fourth-order valence-corrected chi connectivity index (χ4v) is 3.05. The second-order valence-corrected chi connectivity index (χ2v) is 5.89. The van der Waals surface area contributed by atoms with Gasteiger partial charge in [0.15, 0.2) is 11.5 Å². The molecule has 0 radical (unpaired) electrons. The summed E-state index contributed by atoms with van der Waals surface area (Å²) in [5.74, 6) is 0.975. The molecule has 0 atom stereocenters. The highest BCUT2D eigenvalue weighted by atomic mass is 19.1. The zero-order chi connectivity index (χ0) is 16.5. The Bertz CT molecular complexity index is 853. The molecule has 0 saturated carbocycles. The average Bonchev–Trinajstić information content (AvgIpc) is 3.05. The summed E-state index contributed by atoms with van der Waals surface area (Å²) >= 11 is 0. The molecule has 7 heteroatoms. The predicted molar refractivity (Wildman–Crippen MR) is 90.5 cm³/mol. The summed E-state index contributed by atoms with van der Waals surface area (Å²) in [4.78, 5) is 4.66. The number of aromatic nitrogens is 4. The number of likely N-dealkylation sites (N-methyl/N-ethyl adjacent to an activating group) is 1. The van der Waals surface area contributed by atoms with Crippen LogP contribution in [0.4, 0.5) is 10.2 Å². The highest BCUT2D eigenvalue weighted by Crippen LogP contribution is 2.22. The van der Waals surface area contributed by atoms with E-state index >= 15 is 0 Å².